The number of aliphatic hydroxyl groups is 1. The largest absolute Gasteiger partial charge is 0.463 e. The molecule has 1 fully saturated rings. The lowest BCUT2D eigenvalue weighted by Crippen LogP contribution is -2.58. The summed E-state index contributed by atoms with van der Waals surface area (Å²) in [5, 5.41) is 10.9. The molecule has 0 radical (unpaired) electrons. The molecule has 2 heterocycles. The summed E-state index contributed by atoms with van der Waals surface area (Å²) in [4.78, 5) is 37.9. The van der Waals surface area contributed by atoms with Gasteiger partial charge in [-0.25, -0.2) is 13.8 Å². The zero-order valence-corrected chi connectivity index (χ0v) is 22.7. The molecule has 4 N–H and O–H groups in total. The zero-order chi connectivity index (χ0) is 29.1. The summed E-state index contributed by atoms with van der Waals surface area (Å²) in [5.41, 5.74) is 1.32. The van der Waals surface area contributed by atoms with E-state index in [0.29, 0.717) is 10.8 Å². The highest BCUT2D eigenvalue weighted by Gasteiger charge is 2.58. The van der Waals surface area contributed by atoms with Crippen molar-refractivity contribution in [1.82, 2.24) is 9.55 Å². The fourth-order valence-electron chi connectivity index (χ4n) is 4.09. The Balaban J connectivity index is 1.91. The minimum atomic E-state index is -4.20. The third kappa shape index (κ3) is 6.82. The molecular weight excluding hydrogens is 543 g/mol. The third-order valence-electron chi connectivity index (χ3n) is 6.04. The molecule has 7 atom stereocenters. The minimum Gasteiger partial charge on any atom is -0.463 e. The quantitative estimate of drug-likeness (QED) is 0.265. The smallest absolute Gasteiger partial charge is 0.380 e. The van der Waals surface area contributed by atoms with Crippen LogP contribution in [0, 0.1) is 11.7 Å². The highest BCUT2D eigenvalue weighted by molar-refractivity contribution is 7.54. The van der Waals surface area contributed by atoms with Gasteiger partial charge in [0.2, 0.25) is 5.82 Å². The number of nitrogens with one attached hydrogen (secondary N) is 1. The summed E-state index contributed by atoms with van der Waals surface area (Å²) in [5.74, 6) is -2.79. The number of nitrogens with two attached hydrogens (primary N) is 1. The van der Waals surface area contributed by atoms with Crippen LogP contribution in [0.3, 0.4) is 0 Å². The van der Waals surface area contributed by atoms with E-state index in [4.69, 9.17) is 24.3 Å². The van der Waals surface area contributed by atoms with Gasteiger partial charge in [-0.05, 0) is 32.9 Å². The van der Waals surface area contributed by atoms with Crippen molar-refractivity contribution in [3.05, 3.63) is 63.2 Å². The summed E-state index contributed by atoms with van der Waals surface area (Å²) in [6.07, 6.45) is -6.80. The molecule has 0 spiro atoms. The van der Waals surface area contributed by atoms with Crippen molar-refractivity contribution in [3.8, 4) is 5.75 Å². The highest BCUT2D eigenvalue weighted by atomic mass is 31.2. The number of rotatable bonds is 11. The summed E-state index contributed by atoms with van der Waals surface area (Å²) >= 11 is 0. The number of nitrogens with zero attached hydrogens (tertiary/aromatic N) is 1. The first-order valence-corrected chi connectivity index (χ1v) is 13.9. The van der Waals surface area contributed by atoms with Crippen molar-refractivity contribution in [1.29, 1.82) is 0 Å². The molecule has 0 aliphatic carbocycles. The van der Waals surface area contributed by atoms with Crippen LogP contribution in [0.1, 0.15) is 33.9 Å². The van der Waals surface area contributed by atoms with Crippen molar-refractivity contribution < 1.29 is 41.8 Å². The van der Waals surface area contributed by atoms with E-state index in [2.05, 4.69) is 0 Å². The number of ether oxygens (including phenoxy) is 2. The molecule has 1 aliphatic rings. The van der Waals surface area contributed by atoms with Crippen LogP contribution >= 0.6 is 7.60 Å². The molecule has 2 unspecified atom stereocenters. The number of benzene rings is 1. The number of aliphatic hydroxyl groups excluding tert-OH is 1. The number of hydrogen-bond donors (Lipinski definition) is 3. The number of hydrogen-bond acceptors (Lipinski definition) is 10. The number of alkyl halides is 1. The zero-order valence-electron chi connectivity index (χ0n) is 21.8. The predicted molar refractivity (Wildman–Crippen MR) is 135 cm³/mol. The molecule has 1 aromatic carbocycles. The van der Waals surface area contributed by atoms with E-state index >= 15 is 0 Å². The van der Waals surface area contributed by atoms with Crippen molar-refractivity contribution in [3.63, 3.8) is 0 Å². The van der Waals surface area contributed by atoms with Crippen molar-refractivity contribution in [2.75, 3.05) is 12.8 Å². The molecule has 1 aliphatic heterocycles. The van der Waals surface area contributed by atoms with Crippen LogP contribution in [0.4, 0.5) is 8.78 Å². The number of halogens is 2. The average molecular weight is 576 g/mol. The maximum Gasteiger partial charge on any atom is 0.380 e. The van der Waals surface area contributed by atoms with Crippen LogP contribution < -0.4 is 21.5 Å². The molecular formula is C24H32F2N3O9P. The number of aromatic amines is 1. The number of aromatic nitrogens is 2. The van der Waals surface area contributed by atoms with E-state index in [0.717, 1.165) is 0 Å². The lowest BCUT2D eigenvalue weighted by Gasteiger charge is -2.31. The molecule has 3 rings (SSSR count). The summed E-state index contributed by atoms with van der Waals surface area (Å²) in [6.45, 7) is 4.70. The lowest BCUT2D eigenvalue weighted by atomic mass is 9.91. The Hall–Kier alpha value is -2.90. The third-order valence-corrected chi connectivity index (χ3v) is 8.18. The van der Waals surface area contributed by atoms with Gasteiger partial charge in [-0.15, -0.1) is 0 Å². The van der Waals surface area contributed by atoms with Gasteiger partial charge in [0.05, 0.1) is 30.5 Å². The Morgan fingerprint density at radius 1 is 1.26 bits per heavy atom. The Bertz CT molecular complexity index is 1320. The Morgan fingerprint density at radius 3 is 2.49 bits per heavy atom. The van der Waals surface area contributed by atoms with Crippen LogP contribution in [-0.4, -0.2) is 63.4 Å². The number of carbonyl (C=O) groups is 1. The molecule has 1 aromatic heterocycles. The van der Waals surface area contributed by atoms with Gasteiger partial charge >= 0.3 is 19.3 Å². The molecule has 12 nitrogen and oxygen atoms in total. The van der Waals surface area contributed by atoms with Gasteiger partial charge in [-0.3, -0.25) is 23.7 Å². The first kappa shape index (κ1) is 30.6. The Kier molecular flexibility index (Phi) is 9.50. The van der Waals surface area contributed by atoms with Gasteiger partial charge in [-0.2, -0.15) is 4.39 Å². The van der Waals surface area contributed by atoms with Gasteiger partial charge in [0.15, 0.2) is 6.23 Å². The average Bonchev–Trinajstić information content (AvgIpc) is 3.12. The van der Waals surface area contributed by atoms with Gasteiger partial charge in [0, 0.05) is 0 Å². The fraction of sp³-hybridized carbons (Fsp3) is 0.542. The van der Waals surface area contributed by atoms with Crippen molar-refractivity contribution in [2.24, 2.45) is 11.7 Å². The topological polar surface area (TPSA) is 172 Å². The molecule has 1 saturated heterocycles. The molecule has 15 heteroatoms. The lowest BCUT2D eigenvalue weighted by molar-refractivity contribution is -0.151. The van der Waals surface area contributed by atoms with Crippen molar-refractivity contribution >= 4 is 13.6 Å². The highest BCUT2D eigenvalue weighted by Crippen LogP contribution is 2.52. The summed E-state index contributed by atoms with van der Waals surface area (Å²) in [6, 6.07) is 7.98. The number of carbonyl (C=O) groups excluding carboxylic acids is 1. The maximum atomic E-state index is 14.2. The Labute approximate surface area is 222 Å². The van der Waals surface area contributed by atoms with Gasteiger partial charge in [-0.1, -0.05) is 25.1 Å². The second-order valence-electron chi connectivity index (χ2n) is 9.68. The van der Waals surface area contributed by atoms with Gasteiger partial charge < -0.3 is 24.8 Å². The molecule has 0 bridgehead atoms. The molecule has 2 aromatic rings. The molecule has 216 valence electrons. The van der Waals surface area contributed by atoms with Gasteiger partial charge in [0.1, 0.15) is 30.2 Å². The van der Waals surface area contributed by atoms with Gasteiger partial charge in [0.25, 0.3) is 5.56 Å². The van der Waals surface area contributed by atoms with E-state index in [1.165, 1.54) is 26.0 Å². The van der Waals surface area contributed by atoms with Crippen LogP contribution in [0.25, 0.3) is 0 Å². The number of esters is 1. The second kappa shape index (κ2) is 12.1. The predicted octanol–water partition coefficient (Wildman–Crippen LogP) is 1.87. The molecule has 0 amide bonds. The standard InChI is InChI=1S/C24H32F2N3O9P/c1-13(2)35-21(32)14(3)11-39(34,38-16-8-6-5-7-9-16)37-15(4)18-19(30)24(27,12-25)22(36-18)29-10-17(26)20(31)28-23(29)33/h5-10,13-15,18-19,22,30H,11-12,27H2,1-4H3,(H,28,31,33)/t14-,15+,18-,19+,22-,24?,39?/m1/s1. The summed E-state index contributed by atoms with van der Waals surface area (Å²) < 4.78 is 64.9. The fourth-order valence-corrected chi connectivity index (χ4v) is 6.18. The van der Waals surface area contributed by atoms with Crippen LogP contribution in [0.2, 0.25) is 0 Å². The normalized spacial score (nSPS) is 26.1. The first-order valence-electron chi connectivity index (χ1n) is 12.1. The monoisotopic (exact) mass is 575 g/mol. The Morgan fingerprint density at radius 2 is 1.90 bits per heavy atom. The van der Waals surface area contributed by atoms with E-state index < -0.39 is 85.6 Å². The van der Waals surface area contributed by atoms with Crippen LogP contribution in [-0.2, 0) is 23.4 Å². The number of H-pyrrole nitrogens is 1. The van der Waals surface area contributed by atoms with E-state index in [-0.39, 0.29) is 5.75 Å². The minimum absolute atomic E-state index is 0.162. The van der Waals surface area contributed by atoms with E-state index in [9.17, 15) is 32.8 Å². The van der Waals surface area contributed by atoms with Crippen LogP contribution in [0.15, 0.2) is 46.1 Å². The molecule has 39 heavy (non-hydrogen) atoms. The first-order chi connectivity index (χ1) is 18.2. The SMILES string of the molecule is CC(C)OC(=O)[C@H](C)CP(=O)(Oc1ccccc1)O[C@@H](C)[C@H]1O[C@@H](n2cc(F)c(=O)[nH]c2=O)C(N)(CF)[C@H]1O. The number of para-hydroxylation sites is 1. The molecule has 0 saturated carbocycles. The van der Waals surface area contributed by atoms with E-state index in [1.807, 2.05) is 0 Å². The second-order valence-corrected chi connectivity index (χ2v) is 11.7. The van der Waals surface area contributed by atoms with E-state index in [1.54, 1.807) is 37.0 Å². The van der Waals surface area contributed by atoms with Crippen LogP contribution in [0.5, 0.6) is 5.75 Å². The van der Waals surface area contributed by atoms with Crippen molar-refractivity contribution in [2.45, 2.75) is 63.9 Å². The summed E-state index contributed by atoms with van der Waals surface area (Å²) in [7, 11) is -4.20. The maximum absolute atomic E-state index is 14.2.